The Kier molecular flexibility index (Phi) is 4.20. The second kappa shape index (κ2) is 6.64. The molecule has 0 saturated carbocycles. The van der Waals surface area contributed by atoms with Crippen molar-refractivity contribution in [3.05, 3.63) is 106 Å². The van der Waals surface area contributed by atoms with Crippen molar-refractivity contribution >= 4 is 22.9 Å². The molecule has 0 bridgehead atoms. The molecule has 0 amide bonds. The molecule has 0 spiro atoms. The van der Waals surface area contributed by atoms with Crippen LogP contribution in [0.5, 0.6) is 0 Å². The van der Waals surface area contributed by atoms with Crippen molar-refractivity contribution in [2.75, 3.05) is 0 Å². The summed E-state index contributed by atoms with van der Waals surface area (Å²) >= 11 is 7.40. The molecule has 1 aromatic heterocycles. The lowest BCUT2D eigenvalue weighted by Crippen LogP contribution is -1.84. The number of rotatable bonds is 2. The summed E-state index contributed by atoms with van der Waals surface area (Å²) in [6.45, 7) is 0. The third kappa shape index (κ3) is 2.89. The molecule has 5 rings (SSSR count). The summed E-state index contributed by atoms with van der Waals surface area (Å²) in [6.07, 6.45) is 0. The standard InChI is InChI=1S/C16H12S.C6H3Cl/c1-3-7-13(8-4-1)15-11-12-17-16(15)14-9-5-2-6-10-14;7-6-3-4-1-2-5(4)6/h1-12H;1-3H. The highest BCUT2D eigenvalue weighted by atomic mass is 35.5. The monoisotopic (exact) mass is 346 g/mol. The molecule has 0 nitrogen and oxygen atoms in total. The Morgan fingerprint density at radius 2 is 1.33 bits per heavy atom. The van der Waals surface area contributed by atoms with Crippen LogP contribution >= 0.6 is 22.9 Å². The highest BCUT2D eigenvalue weighted by molar-refractivity contribution is 7.14. The predicted octanol–water partition coefficient (Wildman–Crippen LogP) is 7.02. The lowest BCUT2D eigenvalue weighted by Gasteiger charge is -2.03. The fraction of sp³-hybridized carbons (Fsp3) is 0. The number of hydrogen-bond acceptors (Lipinski definition) is 1. The minimum absolute atomic E-state index is 0.914. The molecule has 2 heteroatoms. The van der Waals surface area contributed by atoms with E-state index < -0.39 is 0 Å². The summed E-state index contributed by atoms with van der Waals surface area (Å²) in [4.78, 5) is 1.34. The third-order valence-corrected chi connectivity index (χ3v) is 5.34. The van der Waals surface area contributed by atoms with Gasteiger partial charge in [0.25, 0.3) is 0 Å². The van der Waals surface area contributed by atoms with E-state index in [1.54, 1.807) is 11.3 Å². The van der Waals surface area contributed by atoms with E-state index in [9.17, 15) is 0 Å². The van der Waals surface area contributed by atoms with Crippen molar-refractivity contribution in [3.63, 3.8) is 0 Å². The molecule has 0 saturated heterocycles. The molecule has 0 N–H and O–H groups in total. The van der Waals surface area contributed by atoms with Crippen LogP contribution in [-0.4, -0.2) is 0 Å². The van der Waals surface area contributed by atoms with Crippen molar-refractivity contribution in [2.24, 2.45) is 0 Å². The van der Waals surface area contributed by atoms with Gasteiger partial charge in [-0.25, -0.2) is 0 Å². The zero-order valence-electron chi connectivity index (χ0n) is 12.9. The van der Waals surface area contributed by atoms with Crippen LogP contribution in [0.4, 0.5) is 0 Å². The van der Waals surface area contributed by atoms with E-state index in [1.807, 2.05) is 12.1 Å². The molecule has 0 atom stereocenters. The van der Waals surface area contributed by atoms with Gasteiger partial charge in [-0.1, -0.05) is 84.4 Å². The summed E-state index contributed by atoms with van der Waals surface area (Å²) < 4.78 is 0. The quantitative estimate of drug-likeness (QED) is 0.322. The first kappa shape index (κ1) is 15.2. The maximum atomic E-state index is 5.60. The molecule has 0 unspecified atom stereocenters. The Morgan fingerprint density at radius 1 is 0.667 bits per heavy atom. The van der Waals surface area contributed by atoms with Crippen LogP contribution < -0.4 is 0 Å². The molecule has 116 valence electrons. The topological polar surface area (TPSA) is 0 Å². The molecule has 2 aliphatic carbocycles. The van der Waals surface area contributed by atoms with Gasteiger partial charge in [0.2, 0.25) is 0 Å². The van der Waals surface area contributed by atoms with E-state index >= 15 is 0 Å². The maximum Gasteiger partial charge on any atom is 0.0490 e. The number of halogens is 1. The first-order chi connectivity index (χ1) is 11.8. The number of hydrogen-bond donors (Lipinski definition) is 0. The zero-order valence-corrected chi connectivity index (χ0v) is 14.5. The summed E-state index contributed by atoms with van der Waals surface area (Å²) in [5.74, 6) is 0. The Labute approximate surface area is 150 Å². The minimum Gasteiger partial charge on any atom is -0.143 e. The molecule has 24 heavy (non-hydrogen) atoms. The van der Waals surface area contributed by atoms with Crippen LogP contribution in [0, 0.1) is 10.4 Å². The summed E-state index contributed by atoms with van der Waals surface area (Å²) in [5, 5.41) is 5.62. The fourth-order valence-corrected chi connectivity index (χ4v) is 3.93. The first-order valence-corrected chi connectivity index (χ1v) is 9.07. The van der Waals surface area contributed by atoms with Gasteiger partial charge in [-0.2, -0.15) is 0 Å². The van der Waals surface area contributed by atoms with Gasteiger partial charge in [-0.15, -0.1) is 11.3 Å². The molecule has 3 aromatic rings. The van der Waals surface area contributed by atoms with Gasteiger partial charge < -0.3 is 0 Å². The second-order valence-corrected chi connectivity index (χ2v) is 6.91. The van der Waals surface area contributed by atoms with Crippen LogP contribution in [0.3, 0.4) is 0 Å². The van der Waals surface area contributed by atoms with Gasteiger partial charge >= 0.3 is 0 Å². The van der Waals surface area contributed by atoms with E-state index in [2.05, 4.69) is 78.2 Å². The Morgan fingerprint density at radius 3 is 1.79 bits per heavy atom. The second-order valence-electron chi connectivity index (χ2n) is 5.59. The van der Waals surface area contributed by atoms with Crippen LogP contribution in [0.2, 0.25) is 5.02 Å². The van der Waals surface area contributed by atoms with E-state index in [0.717, 1.165) is 5.02 Å². The summed E-state index contributed by atoms with van der Waals surface area (Å²) in [7, 11) is 0. The van der Waals surface area contributed by atoms with Gasteiger partial charge in [0.1, 0.15) is 0 Å². The first-order valence-electron chi connectivity index (χ1n) is 7.81. The smallest absolute Gasteiger partial charge is 0.0490 e. The highest BCUT2D eigenvalue weighted by Crippen LogP contribution is 2.36. The number of benzene rings is 3. The molecule has 0 fully saturated rings. The summed E-state index contributed by atoms with van der Waals surface area (Å²) in [6, 6.07) is 29.4. The van der Waals surface area contributed by atoms with Gasteiger partial charge in [0.05, 0.1) is 0 Å². The van der Waals surface area contributed by atoms with Gasteiger partial charge in [-0.3, -0.25) is 0 Å². The third-order valence-electron chi connectivity index (χ3n) is 4.07. The van der Waals surface area contributed by atoms with Gasteiger partial charge in [0.15, 0.2) is 0 Å². The van der Waals surface area contributed by atoms with Crippen LogP contribution in [0.15, 0.2) is 90.3 Å². The summed E-state index contributed by atoms with van der Waals surface area (Å²) in [5.41, 5.74) is 3.90. The van der Waals surface area contributed by atoms with Crippen molar-refractivity contribution in [2.45, 2.75) is 0 Å². The van der Waals surface area contributed by atoms with Crippen molar-refractivity contribution in [1.82, 2.24) is 0 Å². The molecular weight excluding hydrogens is 332 g/mol. The molecule has 0 radical (unpaired) electrons. The van der Waals surface area contributed by atoms with Crippen molar-refractivity contribution in [1.29, 1.82) is 0 Å². The van der Waals surface area contributed by atoms with E-state index in [1.165, 1.54) is 32.0 Å². The van der Waals surface area contributed by atoms with E-state index in [0.29, 0.717) is 0 Å². The molecular formula is C22H15ClS. The van der Waals surface area contributed by atoms with E-state index in [-0.39, 0.29) is 0 Å². The van der Waals surface area contributed by atoms with Gasteiger partial charge in [-0.05, 0) is 33.9 Å². The van der Waals surface area contributed by atoms with Crippen LogP contribution in [0.25, 0.3) is 21.6 Å². The highest BCUT2D eigenvalue weighted by Gasteiger charge is 2.07. The van der Waals surface area contributed by atoms with Gasteiger partial charge in [0, 0.05) is 20.7 Å². The molecule has 2 aliphatic rings. The van der Waals surface area contributed by atoms with E-state index in [4.69, 9.17) is 11.6 Å². The maximum absolute atomic E-state index is 5.60. The minimum atomic E-state index is 0.914. The largest absolute Gasteiger partial charge is 0.143 e. The normalized spacial score (nSPS) is 10.7. The van der Waals surface area contributed by atoms with Crippen molar-refractivity contribution in [3.8, 4) is 21.6 Å². The number of thiophene rings is 1. The molecule has 0 aliphatic heterocycles. The zero-order chi connectivity index (χ0) is 16.4. The molecule has 2 aromatic carbocycles. The average Bonchev–Trinajstić information content (AvgIpc) is 3.11. The predicted molar refractivity (Wildman–Crippen MR) is 104 cm³/mol. The Balaban J connectivity index is 0.000000172. The van der Waals surface area contributed by atoms with Crippen LogP contribution in [0.1, 0.15) is 0 Å². The Hall–Kier alpha value is -2.35. The van der Waals surface area contributed by atoms with Crippen LogP contribution in [-0.2, 0) is 0 Å². The lowest BCUT2D eigenvalue weighted by molar-refractivity contribution is 1.38. The van der Waals surface area contributed by atoms with Crippen molar-refractivity contribution < 1.29 is 0 Å². The average molecular weight is 347 g/mol. The lowest BCUT2D eigenvalue weighted by atomic mass is 10.0. The molecule has 1 heterocycles. The SMILES string of the molecule is Clc1cc2ccc1=2.c1ccc(-c2ccsc2-c2ccccc2)cc1. The Bertz CT molecular complexity index is 996. The fourth-order valence-electron chi connectivity index (χ4n) is 2.71.